The molecule has 6 nitrogen and oxygen atoms in total. The number of fused-ring (bicyclic) bond motifs is 1. The number of benzene rings is 1. The van der Waals surface area contributed by atoms with Crippen molar-refractivity contribution < 1.29 is 4.74 Å². The van der Waals surface area contributed by atoms with Gasteiger partial charge in [0.15, 0.2) is 0 Å². The largest absolute Gasteiger partial charge is 0.487 e. The molecule has 0 spiro atoms. The molecule has 0 radical (unpaired) electrons. The third-order valence-corrected chi connectivity index (χ3v) is 3.94. The minimum atomic E-state index is -0.192. The van der Waals surface area contributed by atoms with Crippen molar-refractivity contribution >= 4 is 22.0 Å². The second-order valence-corrected chi connectivity index (χ2v) is 5.53. The van der Waals surface area contributed by atoms with Gasteiger partial charge in [0.25, 0.3) is 5.56 Å². The van der Waals surface area contributed by atoms with Gasteiger partial charge in [0.1, 0.15) is 17.4 Å². The van der Waals surface area contributed by atoms with E-state index in [0.717, 1.165) is 11.4 Å². The van der Waals surface area contributed by atoms with E-state index in [4.69, 9.17) is 10.5 Å². The van der Waals surface area contributed by atoms with Crippen molar-refractivity contribution in [3.63, 3.8) is 0 Å². The molecule has 0 aliphatic rings. The van der Waals surface area contributed by atoms with Crippen LogP contribution in [0.4, 0.5) is 5.69 Å². The predicted molar refractivity (Wildman–Crippen MR) is 81.7 cm³/mol. The second-order valence-electron chi connectivity index (χ2n) is 4.49. The Morgan fingerprint density at radius 1 is 1.38 bits per heavy atom. The Balaban J connectivity index is 1.85. The molecule has 0 atom stereocenters. The fraction of sp³-hybridized carbons (Fsp3) is 0.214. The molecule has 0 unspecified atom stereocenters. The summed E-state index contributed by atoms with van der Waals surface area (Å²) in [4.78, 5) is 17.0. The Hall–Kier alpha value is -2.41. The zero-order chi connectivity index (χ0) is 14.8. The monoisotopic (exact) mass is 302 g/mol. The highest BCUT2D eigenvalue weighted by atomic mass is 32.1. The first-order chi connectivity index (χ1) is 10.2. The molecule has 0 bridgehead atoms. The maximum Gasteiger partial charge on any atom is 0.275 e. The smallest absolute Gasteiger partial charge is 0.275 e. The van der Waals surface area contributed by atoms with Crippen molar-refractivity contribution in [2.75, 3.05) is 5.73 Å². The third kappa shape index (κ3) is 2.87. The minimum absolute atomic E-state index is 0.192. The molecule has 108 valence electrons. The minimum Gasteiger partial charge on any atom is -0.487 e. The van der Waals surface area contributed by atoms with Crippen molar-refractivity contribution in [3.05, 3.63) is 51.4 Å². The van der Waals surface area contributed by atoms with Crippen LogP contribution in [0.15, 0.2) is 35.1 Å². The molecule has 0 amide bonds. The van der Waals surface area contributed by atoms with Gasteiger partial charge >= 0.3 is 0 Å². The van der Waals surface area contributed by atoms with Crippen LogP contribution in [0.25, 0.3) is 4.96 Å². The van der Waals surface area contributed by atoms with E-state index in [1.807, 2.05) is 19.1 Å². The van der Waals surface area contributed by atoms with Gasteiger partial charge in [-0.25, -0.2) is 4.98 Å². The van der Waals surface area contributed by atoms with Gasteiger partial charge in [0.05, 0.1) is 5.69 Å². The summed E-state index contributed by atoms with van der Waals surface area (Å²) in [5, 5.41) is 5.09. The SMILES string of the molecule is CCc1nn2c(=O)cc(COc3cccc(N)c3)nc2s1. The van der Waals surface area contributed by atoms with Gasteiger partial charge in [-0.3, -0.25) is 4.79 Å². The lowest BCUT2D eigenvalue weighted by molar-refractivity contribution is 0.301. The lowest BCUT2D eigenvalue weighted by Gasteiger charge is -2.05. The average Bonchev–Trinajstić information content (AvgIpc) is 2.89. The fourth-order valence-corrected chi connectivity index (χ4v) is 2.73. The number of anilines is 1. The van der Waals surface area contributed by atoms with Gasteiger partial charge in [-0.05, 0) is 18.6 Å². The maximum atomic E-state index is 12.0. The normalized spacial score (nSPS) is 10.9. The Bertz CT molecular complexity index is 840. The molecule has 7 heteroatoms. The van der Waals surface area contributed by atoms with E-state index in [-0.39, 0.29) is 12.2 Å². The first kappa shape index (κ1) is 13.6. The molecular formula is C14H14N4O2S. The van der Waals surface area contributed by atoms with Gasteiger partial charge in [0.2, 0.25) is 4.96 Å². The number of aryl methyl sites for hydroxylation is 1. The number of nitrogens with zero attached hydrogens (tertiary/aromatic N) is 3. The summed E-state index contributed by atoms with van der Waals surface area (Å²) < 4.78 is 6.93. The van der Waals surface area contributed by atoms with E-state index in [2.05, 4.69) is 10.1 Å². The van der Waals surface area contributed by atoms with E-state index >= 15 is 0 Å². The van der Waals surface area contributed by atoms with Gasteiger partial charge in [-0.2, -0.15) is 9.61 Å². The van der Waals surface area contributed by atoms with Gasteiger partial charge in [-0.1, -0.05) is 24.3 Å². The maximum absolute atomic E-state index is 12.0. The number of ether oxygens (including phenoxy) is 1. The molecule has 2 aromatic heterocycles. The summed E-state index contributed by atoms with van der Waals surface area (Å²) in [7, 11) is 0. The van der Waals surface area contributed by atoms with Gasteiger partial charge < -0.3 is 10.5 Å². The van der Waals surface area contributed by atoms with E-state index in [1.54, 1.807) is 12.1 Å². The highest BCUT2D eigenvalue weighted by molar-refractivity contribution is 7.16. The second kappa shape index (κ2) is 5.53. The molecule has 0 fully saturated rings. The molecule has 1 aromatic carbocycles. The molecule has 3 aromatic rings. The van der Waals surface area contributed by atoms with Crippen LogP contribution in [0.3, 0.4) is 0 Å². The molecule has 21 heavy (non-hydrogen) atoms. The van der Waals surface area contributed by atoms with E-state index in [9.17, 15) is 4.79 Å². The Kier molecular flexibility index (Phi) is 3.57. The van der Waals surface area contributed by atoms with Crippen molar-refractivity contribution in [3.8, 4) is 5.75 Å². The van der Waals surface area contributed by atoms with Crippen LogP contribution in [-0.2, 0) is 13.0 Å². The van der Waals surface area contributed by atoms with Crippen LogP contribution in [0, 0.1) is 0 Å². The third-order valence-electron chi connectivity index (χ3n) is 2.89. The zero-order valence-electron chi connectivity index (χ0n) is 11.4. The summed E-state index contributed by atoms with van der Waals surface area (Å²) in [6, 6.07) is 8.58. The lowest BCUT2D eigenvalue weighted by Crippen LogP contribution is -2.16. The molecule has 2 heterocycles. The molecule has 2 N–H and O–H groups in total. The van der Waals surface area contributed by atoms with Crippen LogP contribution in [-0.4, -0.2) is 14.6 Å². The Morgan fingerprint density at radius 3 is 3.00 bits per heavy atom. The Morgan fingerprint density at radius 2 is 2.24 bits per heavy atom. The van der Waals surface area contributed by atoms with E-state index in [1.165, 1.54) is 21.9 Å². The van der Waals surface area contributed by atoms with Gasteiger partial charge in [0, 0.05) is 17.8 Å². The van der Waals surface area contributed by atoms with E-state index in [0.29, 0.717) is 22.1 Å². The van der Waals surface area contributed by atoms with Crippen LogP contribution < -0.4 is 16.0 Å². The van der Waals surface area contributed by atoms with Crippen LogP contribution in [0.2, 0.25) is 0 Å². The van der Waals surface area contributed by atoms with Crippen molar-refractivity contribution in [1.29, 1.82) is 0 Å². The number of hydrogen-bond donors (Lipinski definition) is 1. The van der Waals surface area contributed by atoms with Crippen molar-refractivity contribution in [2.45, 2.75) is 20.0 Å². The molecule has 3 rings (SSSR count). The molecule has 0 aliphatic carbocycles. The van der Waals surface area contributed by atoms with Crippen LogP contribution >= 0.6 is 11.3 Å². The lowest BCUT2D eigenvalue weighted by atomic mass is 10.3. The molecule has 0 aliphatic heterocycles. The number of nitrogens with two attached hydrogens (primary N) is 1. The fourth-order valence-electron chi connectivity index (χ4n) is 1.87. The molecule has 0 saturated carbocycles. The predicted octanol–water partition coefficient (Wildman–Crippen LogP) is 1.87. The average molecular weight is 302 g/mol. The number of nitrogen functional groups attached to an aromatic ring is 1. The number of aromatic nitrogens is 3. The van der Waals surface area contributed by atoms with Crippen LogP contribution in [0.5, 0.6) is 5.75 Å². The van der Waals surface area contributed by atoms with Crippen molar-refractivity contribution in [2.24, 2.45) is 0 Å². The quantitative estimate of drug-likeness (QED) is 0.744. The summed E-state index contributed by atoms with van der Waals surface area (Å²) >= 11 is 1.41. The number of hydrogen-bond acceptors (Lipinski definition) is 6. The standard InChI is InChI=1S/C14H14N4O2S/c1-2-12-17-18-13(19)7-10(16-14(18)21-12)8-20-11-5-3-4-9(15)6-11/h3-7H,2,8,15H2,1H3. The summed E-state index contributed by atoms with van der Waals surface area (Å²) in [6.07, 6.45) is 0.780. The number of rotatable bonds is 4. The van der Waals surface area contributed by atoms with Crippen molar-refractivity contribution in [1.82, 2.24) is 14.6 Å². The van der Waals surface area contributed by atoms with Crippen LogP contribution in [0.1, 0.15) is 17.6 Å². The first-order valence-electron chi connectivity index (χ1n) is 6.52. The zero-order valence-corrected chi connectivity index (χ0v) is 12.3. The first-order valence-corrected chi connectivity index (χ1v) is 7.34. The topological polar surface area (TPSA) is 82.5 Å². The summed E-state index contributed by atoms with van der Waals surface area (Å²) in [5.41, 5.74) is 6.70. The van der Waals surface area contributed by atoms with E-state index < -0.39 is 0 Å². The summed E-state index contributed by atoms with van der Waals surface area (Å²) in [6.45, 7) is 2.21. The highest BCUT2D eigenvalue weighted by Gasteiger charge is 2.08. The molecular weight excluding hydrogens is 288 g/mol. The summed E-state index contributed by atoms with van der Waals surface area (Å²) in [5.74, 6) is 0.649. The Labute approximate surface area is 124 Å². The van der Waals surface area contributed by atoms with Gasteiger partial charge in [-0.15, -0.1) is 0 Å². The molecule has 0 saturated heterocycles. The highest BCUT2D eigenvalue weighted by Crippen LogP contribution is 2.16.